The number of amides is 5. The lowest BCUT2D eigenvalue weighted by Gasteiger charge is -2.36. The Kier molecular flexibility index (Phi) is 6.73. The van der Waals surface area contributed by atoms with Gasteiger partial charge in [-0.25, -0.2) is 0 Å². The van der Waals surface area contributed by atoms with Crippen LogP contribution in [0.2, 0.25) is 0 Å². The second-order valence-electron chi connectivity index (χ2n) is 8.64. The Balaban J connectivity index is 1.35. The molecule has 3 aliphatic heterocycles. The number of anilines is 1. The Labute approximate surface area is 192 Å². The second kappa shape index (κ2) is 9.70. The van der Waals surface area contributed by atoms with Crippen LogP contribution in [0, 0.1) is 0 Å². The maximum Gasteiger partial charge on any atom is 0.262 e. The van der Waals surface area contributed by atoms with E-state index in [1.165, 1.54) is 0 Å². The van der Waals surface area contributed by atoms with E-state index in [-0.39, 0.29) is 24.7 Å². The maximum atomic E-state index is 13.0. The van der Waals surface area contributed by atoms with Gasteiger partial charge in [-0.1, -0.05) is 0 Å². The van der Waals surface area contributed by atoms with E-state index in [0.29, 0.717) is 17.5 Å². The van der Waals surface area contributed by atoms with Crippen molar-refractivity contribution in [2.24, 2.45) is 0 Å². The Morgan fingerprint density at radius 1 is 1.03 bits per heavy atom. The van der Waals surface area contributed by atoms with E-state index in [1.54, 1.807) is 19.2 Å². The van der Waals surface area contributed by atoms with Crippen LogP contribution in [-0.2, 0) is 14.4 Å². The number of carbonyl (C=O) groups excluding carboxylic acids is 5. The predicted octanol–water partition coefficient (Wildman–Crippen LogP) is 0.126. The molecule has 3 aliphatic rings. The molecule has 5 amide bonds. The fraction of sp³-hybridized carbons (Fsp3) is 0.522. The van der Waals surface area contributed by atoms with Crippen molar-refractivity contribution in [2.45, 2.75) is 38.1 Å². The van der Waals surface area contributed by atoms with E-state index in [9.17, 15) is 24.0 Å². The third kappa shape index (κ3) is 4.75. The summed E-state index contributed by atoms with van der Waals surface area (Å²) in [6.45, 7) is 4.31. The van der Waals surface area contributed by atoms with Crippen molar-refractivity contribution >= 4 is 35.2 Å². The summed E-state index contributed by atoms with van der Waals surface area (Å²) in [5.74, 6) is -1.90. The van der Waals surface area contributed by atoms with Gasteiger partial charge in [-0.15, -0.1) is 0 Å². The molecule has 2 fully saturated rings. The first-order valence-electron chi connectivity index (χ1n) is 11.4. The third-order valence-electron chi connectivity index (χ3n) is 6.57. The molecule has 0 spiro atoms. The van der Waals surface area contributed by atoms with Gasteiger partial charge in [0.1, 0.15) is 6.04 Å². The van der Waals surface area contributed by atoms with Crippen LogP contribution in [-0.4, -0.2) is 85.1 Å². The van der Waals surface area contributed by atoms with Gasteiger partial charge in [0, 0.05) is 51.8 Å². The summed E-state index contributed by atoms with van der Waals surface area (Å²) in [4.78, 5) is 66.4. The van der Waals surface area contributed by atoms with E-state index in [1.807, 2.05) is 6.07 Å². The molecular weight excluding hydrogens is 426 g/mol. The minimum absolute atomic E-state index is 0.0700. The van der Waals surface area contributed by atoms with Crippen LogP contribution in [0.25, 0.3) is 0 Å². The van der Waals surface area contributed by atoms with Gasteiger partial charge in [0.2, 0.25) is 17.7 Å². The van der Waals surface area contributed by atoms with Gasteiger partial charge in [-0.05, 0) is 44.0 Å². The van der Waals surface area contributed by atoms with Crippen LogP contribution >= 0.6 is 0 Å². The quantitative estimate of drug-likeness (QED) is 0.443. The number of piperidine rings is 1. The van der Waals surface area contributed by atoms with Gasteiger partial charge < -0.3 is 10.2 Å². The third-order valence-corrected chi connectivity index (χ3v) is 6.57. The Morgan fingerprint density at radius 3 is 2.45 bits per heavy atom. The lowest BCUT2D eigenvalue weighted by Crippen LogP contribution is -2.54. The smallest absolute Gasteiger partial charge is 0.262 e. The molecular formula is C23H29N5O5. The summed E-state index contributed by atoms with van der Waals surface area (Å²) in [6, 6.07) is 4.28. The molecule has 0 radical (unpaired) electrons. The molecule has 176 valence electrons. The zero-order chi connectivity index (χ0) is 23.5. The molecule has 2 N–H and O–H groups in total. The first-order valence-corrected chi connectivity index (χ1v) is 11.4. The number of fused-ring (bicyclic) bond motifs is 1. The number of unbranched alkanes of at least 4 members (excludes halogenated alkanes) is 1. The summed E-state index contributed by atoms with van der Waals surface area (Å²) < 4.78 is 0. The number of nitrogens with one attached hydrogen (secondary N) is 2. The normalized spacial score (nSPS) is 21.3. The number of benzene rings is 1. The highest BCUT2D eigenvalue weighted by atomic mass is 16.2. The molecule has 33 heavy (non-hydrogen) atoms. The topological polar surface area (TPSA) is 119 Å². The number of rotatable bonds is 7. The molecule has 4 rings (SSSR count). The Hall–Kier alpha value is -3.27. The van der Waals surface area contributed by atoms with Crippen LogP contribution in [0.5, 0.6) is 0 Å². The summed E-state index contributed by atoms with van der Waals surface area (Å²) in [6.07, 6.45) is 2.64. The highest BCUT2D eigenvalue weighted by molar-refractivity contribution is 6.23. The SMILES string of the molecule is CNC(=O)CCCCN1CCN(c2ccc3c(c2)C(=O)N(C2CCC(=O)NC2=O)C3=O)CC1. The van der Waals surface area contributed by atoms with Gasteiger partial charge in [-0.3, -0.25) is 39.1 Å². The molecule has 10 nitrogen and oxygen atoms in total. The molecule has 0 aromatic heterocycles. The number of hydrogen-bond donors (Lipinski definition) is 2. The standard InChI is InChI=1S/C23H29N5O5/c1-24-19(29)4-2-3-9-26-10-12-27(13-11-26)15-5-6-16-17(14-15)23(33)28(22(16)32)18-7-8-20(30)25-21(18)31/h5-6,14,18H,2-4,7-13H2,1H3,(H,24,29)(H,25,30,31). The first-order chi connectivity index (χ1) is 15.9. The molecule has 0 saturated carbocycles. The van der Waals surface area contributed by atoms with Gasteiger partial charge in [0.15, 0.2) is 0 Å². The fourth-order valence-electron chi connectivity index (χ4n) is 4.63. The van der Waals surface area contributed by atoms with Crippen LogP contribution in [0.1, 0.15) is 52.8 Å². The Morgan fingerprint density at radius 2 is 1.76 bits per heavy atom. The summed E-state index contributed by atoms with van der Waals surface area (Å²) in [5.41, 5.74) is 1.47. The number of imide groups is 2. The summed E-state index contributed by atoms with van der Waals surface area (Å²) in [5, 5.41) is 4.85. The molecule has 10 heteroatoms. The van der Waals surface area contributed by atoms with Crippen molar-refractivity contribution in [3.8, 4) is 0 Å². The first kappa shape index (κ1) is 22.9. The van der Waals surface area contributed by atoms with E-state index in [2.05, 4.69) is 20.4 Å². The zero-order valence-electron chi connectivity index (χ0n) is 18.8. The van der Waals surface area contributed by atoms with Crippen molar-refractivity contribution < 1.29 is 24.0 Å². The molecule has 0 bridgehead atoms. The summed E-state index contributed by atoms with van der Waals surface area (Å²) >= 11 is 0. The van der Waals surface area contributed by atoms with Crippen molar-refractivity contribution in [3.05, 3.63) is 29.3 Å². The monoisotopic (exact) mass is 455 g/mol. The number of hydrogen-bond acceptors (Lipinski definition) is 7. The van der Waals surface area contributed by atoms with Gasteiger partial charge in [0.05, 0.1) is 11.1 Å². The number of carbonyl (C=O) groups is 5. The highest BCUT2D eigenvalue weighted by Gasteiger charge is 2.44. The van der Waals surface area contributed by atoms with Crippen molar-refractivity contribution in [3.63, 3.8) is 0 Å². The lowest BCUT2D eigenvalue weighted by atomic mass is 10.0. The minimum Gasteiger partial charge on any atom is -0.369 e. The molecule has 0 aliphatic carbocycles. The predicted molar refractivity (Wildman–Crippen MR) is 120 cm³/mol. The van der Waals surface area contributed by atoms with Gasteiger partial charge in [0.25, 0.3) is 11.8 Å². The molecule has 1 unspecified atom stereocenters. The maximum absolute atomic E-state index is 13.0. The zero-order valence-corrected chi connectivity index (χ0v) is 18.8. The number of piperazine rings is 1. The van der Waals surface area contributed by atoms with E-state index in [4.69, 9.17) is 0 Å². The summed E-state index contributed by atoms with van der Waals surface area (Å²) in [7, 11) is 1.65. The van der Waals surface area contributed by atoms with E-state index >= 15 is 0 Å². The average Bonchev–Trinajstić information content (AvgIpc) is 3.06. The molecule has 1 aromatic carbocycles. The van der Waals surface area contributed by atoms with Crippen LogP contribution in [0.3, 0.4) is 0 Å². The largest absolute Gasteiger partial charge is 0.369 e. The van der Waals surface area contributed by atoms with Crippen LogP contribution < -0.4 is 15.5 Å². The van der Waals surface area contributed by atoms with Crippen LogP contribution in [0.4, 0.5) is 5.69 Å². The van der Waals surface area contributed by atoms with Gasteiger partial charge >= 0.3 is 0 Å². The molecule has 3 heterocycles. The van der Waals surface area contributed by atoms with Crippen LogP contribution in [0.15, 0.2) is 18.2 Å². The molecule has 2 saturated heterocycles. The number of nitrogens with zero attached hydrogens (tertiary/aromatic N) is 3. The fourth-order valence-corrected chi connectivity index (χ4v) is 4.63. The molecule has 1 atom stereocenters. The van der Waals surface area contributed by atoms with Crippen molar-refractivity contribution in [1.29, 1.82) is 0 Å². The van der Waals surface area contributed by atoms with E-state index in [0.717, 1.165) is 56.2 Å². The van der Waals surface area contributed by atoms with Crippen molar-refractivity contribution in [1.82, 2.24) is 20.4 Å². The van der Waals surface area contributed by atoms with Gasteiger partial charge in [-0.2, -0.15) is 0 Å². The van der Waals surface area contributed by atoms with E-state index < -0.39 is 23.8 Å². The van der Waals surface area contributed by atoms with Crippen molar-refractivity contribution in [2.75, 3.05) is 44.7 Å². The highest BCUT2D eigenvalue weighted by Crippen LogP contribution is 2.31. The molecule has 1 aromatic rings. The lowest BCUT2D eigenvalue weighted by molar-refractivity contribution is -0.136. The second-order valence-corrected chi connectivity index (χ2v) is 8.64. The average molecular weight is 456 g/mol. The minimum atomic E-state index is -0.953. The Bertz CT molecular complexity index is 985.